The molecule has 4 aromatic rings. The van der Waals surface area contributed by atoms with E-state index in [1.807, 2.05) is 50.5 Å². The summed E-state index contributed by atoms with van der Waals surface area (Å²) in [6.07, 6.45) is 1.60. The maximum atomic E-state index is 14.2. The van der Waals surface area contributed by atoms with Crippen molar-refractivity contribution in [1.29, 1.82) is 0 Å². The minimum Gasteiger partial charge on any atom is -0.343 e. The molecule has 6 nitrogen and oxygen atoms in total. The Hall–Kier alpha value is -3.74. The minimum absolute atomic E-state index is 0.196. The SMILES string of the molecule is Cc1ccc(NC(=O)Cn2ncc3c(C)n(Cc4ccccc4F)c(C)c3c2=O)cc1C. The normalized spacial score (nSPS) is 11.2. The summed E-state index contributed by atoms with van der Waals surface area (Å²) < 4.78 is 17.2. The molecular weight excluding hydrogens is 407 g/mol. The third kappa shape index (κ3) is 3.93. The molecule has 0 aliphatic rings. The first-order valence-corrected chi connectivity index (χ1v) is 10.4. The molecule has 2 aromatic carbocycles. The van der Waals surface area contributed by atoms with E-state index < -0.39 is 0 Å². The van der Waals surface area contributed by atoms with Gasteiger partial charge in [-0.25, -0.2) is 9.07 Å². The second kappa shape index (κ2) is 8.42. The average molecular weight is 432 g/mol. The molecule has 0 aliphatic heterocycles. The van der Waals surface area contributed by atoms with Crippen LogP contribution in [0.2, 0.25) is 0 Å². The van der Waals surface area contributed by atoms with Crippen molar-refractivity contribution in [1.82, 2.24) is 14.3 Å². The second-order valence-corrected chi connectivity index (χ2v) is 8.09. The molecule has 164 valence electrons. The van der Waals surface area contributed by atoms with Crippen molar-refractivity contribution in [3.63, 3.8) is 0 Å². The van der Waals surface area contributed by atoms with Gasteiger partial charge in [0.25, 0.3) is 5.56 Å². The Morgan fingerprint density at radius 2 is 1.78 bits per heavy atom. The molecule has 0 saturated carbocycles. The summed E-state index contributed by atoms with van der Waals surface area (Å²) in [7, 11) is 0. The molecule has 0 spiro atoms. The lowest BCUT2D eigenvalue weighted by Crippen LogP contribution is -2.29. The fourth-order valence-corrected chi connectivity index (χ4v) is 3.95. The van der Waals surface area contributed by atoms with Crippen LogP contribution >= 0.6 is 0 Å². The fraction of sp³-hybridized carbons (Fsp3) is 0.240. The fourth-order valence-electron chi connectivity index (χ4n) is 3.95. The van der Waals surface area contributed by atoms with Crippen LogP contribution in [-0.4, -0.2) is 20.3 Å². The smallest absolute Gasteiger partial charge is 0.276 e. The van der Waals surface area contributed by atoms with Crippen molar-refractivity contribution >= 4 is 22.4 Å². The zero-order valence-corrected chi connectivity index (χ0v) is 18.6. The molecule has 0 radical (unpaired) electrons. The Labute approximate surface area is 185 Å². The zero-order chi connectivity index (χ0) is 23.0. The van der Waals surface area contributed by atoms with E-state index in [1.54, 1.807) is 24.4 Å². The van der Waals surface area contributed by atoms with Crippen LogP contribution in [0.15, 0.2) is 53.5 Å². The number of carbonyl (C=O) groups excluding carboxylic acids is 1. The number of anilines is 1. The number of amides is 1. The Bertz CT molecular complexity index is 1400. The molecule has 4 rings (SSSR count). The zero-order valence-electron chi connectivity index (χ0n) is 18.6. The lowest BCUT2D eigenvalue weighted by Gasteiger charge is -2.10. The van der Waals surface area contributed by atoms with Crippen LogP contribution in [0.3, 0.4) is 0 Å². The number of aryl methyl sites for hydroxylation is 4. The van der Waals surface area contributed by atoms with Crippen LogP contribution < -0.4 is 10.9 Å². The van der Waals surface area contributed by atoms with Crippen molar-refractivity contribution in [2.45, 2.75) is 40.8 Å². The van der Waals surface area contributed by atoms with Crippen molar-refractivity contribution in [3.05, 3.63) is 92.9 Å². The Balaban J connectivity index is 1.64. The van der Waals surface area contributed by atoms with Crippen LogP contribution in [-0.2, 0) is 17.9 Å². The molecule has 0 fully saturated rings. The lowest BCUT2D eigenvalue weighted by atomic mass is 10.1. The molecule has 0 atom stereocenters. The van der Waals surface area contributed by atoms with Gasteiger partial charge in [-0.3, -0.25) is 9.59 Å². The second-order valence-electron chi connectivity index (χ2n) is 8.09. The number of fused-ring (bicyclic) bond motifs is 1. The van der Waals surface area contributed by atoms with Crippen LogP contribution in [0.25, 0.3) is 10.8 Å². The predicted molar refractivity (Wildman–Crippen MR) is 124 cm³/mol. The minimum atomic E-state index is -0.342. The van der Waals surface area contributed by atoms with Crippen LogP contribution in [0.1, 0.15) is 28.1 Å². The Morgan fingerprint density at radius 3 is 2.50 bits per heavy atom. The number of nitrogens with one attached hydrogen (secondary N) is 1. The quantitative estimate of drug-likeness (QED) is 0.512. The summed E-state index contributed by atoms with van der Waals surface area (Å²) in [5.41, 5.74) is 4.63. The van der Waals surface area contributed by atoms with E-state index in [-0.39, 0.29) is 23.8 Å². The van der Waals surface area contributed by atoms with E-state index in [0.29, 0.717) is 28.6 Å². The third-order valence-corrected chi connectivity index (χ3v) is 5.98. The van der Waals surface area contributed by atoms with Gasteiger partial charge in [0, 0.05) is 28.0 Å². The van der Waals surface area contributed by atoms with E-state index in [2.05, 4.69) is 10.4 Å². The summed E-state index contributed by atoms with van der Waals surface area (Å²) in [5, 5.41) is 8.23. The monoisotopic (exact) mass is 432 g/mol. The number of benzene rings is 2. The van der Waals surface area contributed by atoms with E-state index in [9.17, 15) is 14.0 Å². The lowest BCUT2D eigenvalue weighted by molar-refractivity contribution is -0.117. The largest absolute Gasteiger partial charge is 0.343 e. The van der Waals surface area contributed by atoms with Gasteiger partial charge < -0.3 is 9.88 Å². The van der Waals surface area contributed by atoms with Crippen LogP contribution in [0, 0.1) is 33.5 Å². The molecule has 7 heteroatoms. The number of halogens is 1. The Morgan fingerprint density at radius 1 is 1.03 bits per heavy atom. The average Bonchev–Trinajstić information content (AvgIpc) is 2.99. The van der Waals surface area contributed by atoms with E-state index in [4.69, 9.17) is 0 Å². The number of rotatable bonds is 5. The van der Waals surface area contributed by atoms with Gasteiger partial charge in [-0.1, -0.05) is 24.3 Å². The highest BCUT2D eigenvalue weighted by Gasteiger charge is 2.18. The number of carbonyl (C=O) groups is 1. The van der Waals surface area contributed by atoms with Crippen LogP contribution in [0.5, 0.6) is 0 Å². The van der Waals surface area contributed by atoms with E-state index >= 15 is 0 Å². The molecule has 2 heterocycles. The summed E-state index contributed by atoms with van der Waals surface area (Å²) >= 11 is 0. The standard InChI is InChI=1S/C25H25FN4O2/c1-15-9-10-20(11-16(15)2)28-23(31)14-30-25(32)24-18(4)29(17(3)21(24)12-27-30)13-19-7-5-6-8-22(19)26/h5-12H,13-14H2,1-4H3,(H,28,31). The predicted octanol–water partition coefficient (Wildman–Crippen LogP) is 4.26. The van der Waals surface area contributed by atoms with Gasteiger partial charge in [0.15, 0.2) is 0 Å². The van der Waals surface area contributed by atoms with Crippen molar-refractivity contribution in [3.8, 4) is 0 Å². The number of aromatic nitrogens is 3. The molecule has 1 N–H and O–H groups in total. The Kier molecular flexibility index (Phi) is 5.65. The number of hydrogen-bond acceptors (Lipinski definition) is 3. The highest BCUT2D eigenvalue weighted by Crippen LogP contribution is 2.23. The maximum Gasteiger partial charge on any atom is 0.276 e. The summed E-state index contributed by atoms with van der Waals surface area (Å²) in [6.45, 7) is 7.81. The number of nitrogens with zero attached hydrogens (tertiary/aromatic N) is 3. The summed E-state index contributed by atoms with van der Waals surface area (Å²) in [6, 6.07) is 12.2. The summed E-state index contributed by atoms with van der Waals surface area (Å²) in [4.78, 5) is 25.7. The molecule has 2 aromatic heterocycles. The molecule has 0 saturated heterocycles. The first kappa shape index (κ1) is 21.5. The van der Waals surface area contributed by atoms with Crippen molar-refractivity contribution < 1.29 is 9.18 Å². The van der Waals surface area contributed by atoms with Gasteiger partial charge in [0.1, 0.15) is 12.4 Å². The van der Waals surface area contributed by atoms with Gasteiger partial charge in [-0.15, -0.1) is 0 Å². The highest BCUT2D eigenvalue weighted by atomic mass is 19.1. The van der Waals surface area contributed by atoms with Gasteiger partial charge in [-0.05, 0) is 57.0 Å². The molecular formula is C25H25FN4O2. The highest BCUT2D eigenvalue weighted by molar-refractivity contribution is 5.91. The first-order chi connectivity index (χ1) is 15.3. The van der Waals surface area contributed by atoms with Gasteiger partial charge >= 0.3 is 0 Å². The molecule has 0 unspecified atom stereocenters. The van der Waals surface area contributed by atoms with Crippen LogP contribution in [0.4, 0.5) is 10.1 Å². The van der Waals surface area contributed by atoms with Gasteiger partial charge in [0.2, 0.25) is 5.91 Å². The molecule has 32 heavy (non-hydrogen) atoms. The summed E-state index contributed by atoms with van der Waals surface area (Å²) in [5.74, 6) is -0.620. The van der Waals surface area contributed by atoms with Crippen molar-refractivity contribution in [2.75, 3.05) is 5.32 Å². The maximum absolute atomic E-state index is 14.2. The van der Waals surface area contributed by atoms with E-state index in [1.165, 1.54) is 10.7 Å². The van der Waals surface area contributed by atoms with Crippen molar-refractivity contribution in [2.24, 2.45) is 0 Å². The topological polar surface area (TPSA) is 68.9 Å². The molecule has 0 aliphatic carbocycles. The molecule has 1 amide bonds. The first-order valence-electron chi connectivity index (χ1n) is 10.4. The van der Waals surface area contributed by atoms with Gasteiger partial charge in [-0.2, -0.15) is 5.10 Å². The third-order valence-electron chi connectivity index (χ3n) is 5.98. The van der Waals surface area contributed by atoms with Gasteiger partial charge in [0.05, 0.1) is 18.1 Å². The van der Waals surface area contributed by atoms with E-state index in [0.717, 1.165) is 22.5 Å². The number of hydrogen-bond donors (Lipinski definition) is 1. The molecule has 0 bridgehead atoms.